The molecule has 0 unspecified atom stereocenters. The highest BCUT2D eigenvalue weighted by atomic mass is 16.5. The Morgan fingerprint density at radius 2 is 1.78 bits per heavy atom. The first-order chi connectivity index (χ1) is 17.2. The van der Waals surface area contributed by atoms with Gasteiger partial charge in [0.05, 0.1) is 12.8 Å². The number of azo groups is 1. The molecule has 0 saturated carbocycles. The van der Waals surface area contributed by atoms with E-state index in [0.29, 0.717) is 18.7 Å². The molecule has 0 aliphatic heterocycles. The average molecular weight is 496 g/mol. The van der Waals surface area contributed by atoms with Gasteiger partial charge in [0.25, 0.3) is 0 Å². The lowest BCUT2D eigenvalue weighted by Crippen LogP contribution is -2.52. The highest BCUT2D eigenvalue weighted by Crippen LogP contribution is 2.19. The lowest BCUT2D eigenvalue weighted by Gasteiger charge is -2.22. The molecule has 0 aliphatic rings. The molecule has 0 radical (unpaired) electrons. The van der Waals surface area contributed by atoms with Gasteiger partial charge >= 0.3 is 12.0 Å². The van der Waals surface area contributed by atoms with Crippen LogP contribution in [-0.4, -0.2) is 49.6 Å². The van der Waals surface area contributed by atoms with Crippen LogP contribution in [0.15, 0.2) is 58.8 Å². The first-order valence-electron chi connectivity index (χ1n) is 11.5. The maximum absolute atomic E-state index is 13.1. The van der Waals surface area contributed by atoms with Gasteiger partial charge in [0.2, 0.25) is 5.91 Å². The third kappa shape index (κ3) is 9.53. The number of rotatable bonds is 11. The Bertz CT molecular complexity index is 1090. The maximum atomic E-state index is 13.1. The molecular formula is C25H33N7O4. The molecule has 11 nitrogen and oxygen atoms in total. The van der Waals surface area contributed by atoms with Gasteiger partial charge in [-0.25, -0.2) is 9.59 Å². The average Bonchev–Trinajstić information content (AvgIpc) is 2.84. The summed E-state index contributed by atoms with van der Waals surface area (Å²) in [6.07, 6.45) is 0.869. The number of esters is 1. The summed E-state index contributed by atoms with van der Waals surface area (Å²) in [5, 5.41) is 22.8. The summed E-state index contributed by atoms with van der Waals surface area (Å²) in [6.45, 7) is 4.17. The molecule has 2 atom stereocenters. The van der Waals surface area contributed by atoms with Gasteiger partial charge < -0.3 is 26.4 Å². The number of urea groups is 1. The largest absolute Gasteiger partial charge is 0.467 e. The highest BCUT2D eigenvalue weighted by molar-refractivity contribution is 5.90. The summed E-state index contributed by atoms with van der Waals surface area (Å²) < 4.78 is 4.82. The zero-order valence-electron chi connectivity index (χ0n) is 20.7. The number of benzene rings is 2. The fourth-order valence-corrected chi connectivity index (χ4v) is 3.45. The Kier molecular flexibility index (Phi) is 11.0. The molecule has 36 heavy (non-hydrogen) atoms. The summed E-state index contributed by atoms with van der Waals surface area (Å²) in [6, 6.07) is 12.0. The molecule has 192 valence electrons. The van der Waals surface area contributed by atoms with E-state index in [1.165, 1.54) is 7.11 Å². The molecule has 0 aliphatic carbocycles. The molecule has 6 N–H and O–H groups in total. The lowest BCUT2D eigenvalue weighted by molar-refractivity contribution is -0.145. The number of hydrogen-bond acceptors (Lipinski definition) is 6. The predicted molar refractivity (Wildman–Crippen MR) is 136 cm³/mol. The Morgan fingerprint density at radius 1 is 1.06 bits per heavy atom. The molecule has 2 aromatic carbocycles. The summed E-state index contributed by atoms with van der Waals surface area (Å²) in [5.41, 5.74) is 8.55. The van der Waals surface area contributed by atoms with Crippen molar-refractivity contribution >= 4 is 29.6 Å². The van der Waals surface area contributed by atoms with Crippen molar-refractivity contribution in [3.8, 4) is 0 Å². The van der Waals surface area contributed by atoms with Crippen molar-refractivity contribution in [3.05, 3.63) is 65.2 Å². The summed E-state index contributed by atoms with van der Waals surface area (Å²) in [4.78, 5) is 38.0. The molecule has 0 saturated heterocycles. The van der Waals surface area contributed by atoms with Crippen LogP contribution >= 0.6 is 0 Å². The summed E-state index contributed by atoms with van der Waals surface area (Å²) in [7, 11) is 1.23. The number of carbonyl (C=O) groups excluding carboxylic acids is 3. The van der Waals surface area contributed by atoms with Crippen molar-refractivity contribution in [1.82, 2.24) is 16.0 Å². The molecule has 0 fully saturated rings. The van der Waals surface area contributed by atoms with E-state index in [-0.39, 0.29) is 18.8 Å². The van der Waals surface area contributed by atoms with Gasteiger partial charge in [-0.15, -0.1) is 5.11 Å². The highest BCUT2D eigenvalue weighted by Gasteiger charge is 2.27. The van der Waals surface area contributed by atoms with Gasteiger partial charge in [-0.1, -0.05) is 53.1 Å². The maximum Gasteiger partial charge on any atom is 0.360 e. The van der Waals surface area contributed by atoms with E-state index in [0.717, 1.165) is 16.7 Å². The predicted octanol–water partition coefficient (Wildman–Crippen LogP) is 2.63. The van der Waals surface area contributed by atoms with Crippen LogP contribution in [0, 0.1) is 19.3 Å². The number of hydrogen-bond donors (Lipinski definition) is 5. The number of amides is 3. The number of nitrogens with one attached hydrogen (secondary N) is 4. The minimum Gasteiger partial charge on any atom is -0.467 e. The smallest absolute Gasteiger partial charge is 0.360 e. The molecule has 0 bridgehead atoms. The van der Waals surface area contributed by atoms with E-state index in [1.54, 1.807) is 6.07 Å². The third-order valence-electron chi connectivity index (χ3n) is 5.28. The van der Waals surface area contributed by atoms with Crippen LogP contribution in [0.25, 0.3) is 0 Å². The summed E-state index contributed by atoms with van der Waals surface area (Å²) in [5.74, 6) is -1.37. The topological polar surface area (TPSA) is 171 Å². The monoisotopic (exact) mass is 495 g/mol. The van der Waals surface area contributed by atoms with Crippen LogP contribution in [-0.2, 0) is 20.7 Å². The van der Waals surface area contributed by atoms with Crippen molar-refractivity contribution in [1.29, 1.82) is 5.41 Å². The molecular weight excluding hydrogens is 462 g/mol. The van der Waals surface area contributed by atoms with Crippen molar-refractivity contribution in [3.63, 3.8) is 0 Å². The number of ether oxygens (including phenoxy) is 1. The zero-order chi connectivity index (χ0) is 26.5. The van der Waals surface area contributed by atoms with Crippen LogP contribution in [0.1, 0.15) is 29.5 Å². The first-order valence-corrected chi connectivity index (χ1v) is 11.5. The lowest BCUT2D eigenvalue weighted by atomic mass is 10.0. The van der Waals surface area contributed by atoms with Gasteiger partial charge in [-0.2, -0.15) is 0 Å². The number of nitrogens with zero attached hydrogens (tertiary/aromatic N) is 2. The minimum atomic E-state index is -1.01. The number of methoxy groups -OCH3 is 1. The molecule has 11 heteroatoms. The number of carbonyl (C=O) groups is 3. The van der Waals surface area contributed by atoms with E-state index in [1.807, 2.05) is 56.3 Å². The van der Waals surface area contributed by atoms with Gasteiger partial charge in [-0.3, -0.25) is 10.2 Å². The van der Waals surface area contributed by atoms with E-state index in [2.05, 4.69) is 26.2 Å². The Labute approximate surface area is 210 Å². The Balaban J connectivity index is 2.13. The van der Waals surface area contributed by atoms with Crippen LogP contribution in [0.5, 0.6) is 0 Å². The first kappa shape index (κ1) is 28.0. The molecule has 2 rings (SSSR count). The number of nitrogens with two attached hydrogens (primary N) is 1. The van der Waals surface area contributed by atoms with E-state index >= 15 is 0 Å². The molecule has 3 amide bonds. The van der Waals surface area contributed by atoms with Crippen molar-refractivity contribution < 1.29 is 19.1 Å². The van der Waals surface area contributed by atoms with Crippen LogP contribution in [0.2, 0.25) is 0 Å². The second-order valence-electron chi connectivity index (χ2n) is 8.25. The van der Waals surface area contributed by atoms with Gasteiger partial charge in [0.15, 0.2) is 5.96 Å². The third-order valence-corrected chi connectivity index (χ3v) is 5.28. The minimum absolute atomic E-state index is 0.178. The van der Waals surface area contributed by atoms with Crippen molar-refractivity contribution in [2.24, 2.45) is 16.0 Å². The fraction of sp³-hybridized carbons (Fsp3) is 0.360. The van der Waals surface area contributed by atoms with Gasteiger partial charge in [0.1, 0.15) is 12.1 Å². The van der Waals surface area contributed by atoms with Crippen molar-refractivity contribution in [2.75, 3.05) is 13.7 Å². The molecule has 0 aromatic heterocycles. The van der Waals surface area contributed by atoms with Crippen LogP contribution in [0.3, 0.4) is 0 Å². The van der Waals surface area contributed by atoms with Crippen LogP contribution < -0.4 is 21.7 Å². The molecule has 2 aromatic rings. The molecule has 0 spiro atoms. The second kappa shape index (κ2) is 14.2. The summed E-state index contributed by atoms with van der Waals surface area (Å²) >= 11 is 0. The van der Waals surface area contributed by atoms with Gasteiger partial charge in [0, 0.05) is 13.0 Å². The zero-order valence-corrected chi connectivity index (χ0v) is 20.7. The number of aryl methyl sites for hydroxylation is 2. The van der Waals surface area contributed by atoms with E-state index in [4.69, 9.17) is 15.9 Å². The quantitative estimate of drug-likeness (QED) is 0.105. The van der Waals surface area contributed by atoms with Gasteiger partial charge in [-0.05, 0) is 43.9 Å². The number of guanidine groups is 1. The Hall–Kier alpha value is -4.28. The van der Waals surface area contributed by atoms with Crippen LogP contribution in [0.4, 0.5) is 10.5 Å². The SMILES string of the molecule is COC(=O)[C@H](CCCNC(=N)N)NC(=O)[C@H](Cc1ccccc1)NC(=O)N=Nc1ccc(C)cc1C. The standard InChI is InChI=1S/C25H33N7O4/c1-16-11-12-19(17(2)14-16)31-32-25(35)30-21(15-18-8-5-4-6-9-18)22(33)29-20(23(34)36-3)10-7-13-28-24(26)27/h4-6,8-9,11-12,14,20-21H,7,10,13,15H2,1-3H3,(H,29,33)(H,30,35)(H4,26,27,28)/t20-,21-/m0/s1. The molecule has 0 heterocycles. The van der Waals surface area contributed by atoms with Crippen molar-refractivity contribution in [2.45, 2.75) is 45.2 Å². The van der Waals surface area contributed by atoms with E-state index < -0.39 is 30.0 Å². The van der Waals surface area contributed by atoms with E-state index in [9.17, 15) is 14.4 Å². The normalized spacial score (nSPS) is 12.4. The fourth-order valence-electron chi connectivity index (χ4n) is 3.45. The Morgan fingerprint density at radius 3 is 2.42 bits per heavy atom. The second-order valence-corrected chi connectivity index (χ2v) is 8.25.